The molecule has 0 saturated heterocycles. The maximum atomic E-state index is 15.0. The van der Waals surface area contributed by atoms with E-state index < -0.39 is 28.8 Å². The van der Waals surface area contributed by atoms with E-state index in [0.29, 0.717) is 48.6 Å². The Balaban J connectivity index is 1.40. The van der Waals surface area contributed by atoms with Crippen LogP contribution in [0, 0.1) is 11.6 Å². The molecule has 1 aliphatic heterocycles. The molecule has 218 valence electrons. The van der Waals surface area contributed by atoms with Crippen LogP contribution in [0.5, 0.6) is 5.75 Å². The normalized spacial score (nSPS) is 16.2. The third-order valence-electron chi connectivity index (χ3n) is 7.71. The van der Waals surface area contributed by atoms with Crippen molar-refractivity contribution in [2.45, 2.75) is 70.9 Å². The number of rotatable bonds is 5. The molecule has 0 aromatic carbocycles. The molecule has 4 aromatic rings. The molecular weight excluding hydrogens is 566 g/mol. The van der Waals surface area contributed by atoms with Crippen LogP contribution in [-0.2, 0) is 29.6 Å². The first kappa shape index (κ1) is 28.0. The molecule has 0 bridgehead atoms. The molecule has 0 fully saturated rings. The number of pyridine rings is 3. The average molecular weight is 595 g/mol. The number of amides is 1. The second-order valence-electron chi connectivity index (χ2n) is 11.3. The van der Waals surface area contributed by atoms with Crippen molar-refractivity contribution in [3.63, 3.8) is 0 Å². The number of carbonyl (C=O) groups is 1. The summed E-state index contributed by atoms with van der Waals surface area (Å²) in [5, 5.41) is 7.01. The van der Waals surface area contributed by atoms with Gasteiger partial charge in [-0.3, -0.25) is 19.1 Å². The molecule has 1 amide bonds. The number of nitrogens with zero attached hydrogens (tertiary/aromatic N) is 5. The summed E-state index contributed by atoms with van der Waals surface area (Å²) in [5.74, 6) is -0.757. The Bertz CT molecular complexity index is 1780. The quantitative estimate of drug-likeness (QED) is 0.346. The Morgan fingerprint density at radius 3 is 2.67 bits per heavy atom. The van der Waals surface area contributed by atoms with Gasteiger partial charge < -0.3 is 10.1 Å². The predicted octanol–water partition coefficient (Wildman–Crippen LogP) is 5.06. The number of ether oxygens (including phenoxy) is 1. The van der Waals surface area contributed by atoms with Crippen molar-refractivity contribution in [3.8, 4) is 17.3 Å². The summed E-state index contributed by atoms with van der Waals surface area (Å²) in [6, 6.07) is 4.93. The lowest BCUT2D eigenvalue weighted by atomic mass is 10.0. The van der Waals surface area contributed by atoms with Crippen molar-refractivity contribution in [2.24, 2.45) is 0 Å². The Labute approximate surface area is 245 Å². The molecule has 1 aliphatic carbocycles. The van der Waals surface area contributed by atoms with E-state index >= 15 is 4.39 Å². The molecule has 4 aromatic heterocycles. The van der Waals surface area contributed by atoms with Crippen LogP contribution in [0.3, 0.4) is 0 Å². The largest absolute Gasteiger partial charge is 0.482 e. The van der Waals surface area contributed by atoms with Crippen molar-refractivity contribution in [2.75, 3.05) is 0 Å². The first-order valence-corrected chi connectivity index (χ1v) is 14.2. The van der Waals surface area contributed by atoms with Crippen LogP contribution in [0.4, 0.5) is 8.78 Å². The number of carbonyl (C=O) groups excluding carboxylic acids is 1. The smallest absolute Gasteiger partial charge is 0.277 e. The van der Waals surface area contributed by atoms with Gasteiger partial charge in [0.05, 0.1) is 29.3 Å². The van der Waals surface area contributed by atoms with Crippen LogP contribution in [0.15, 0.2) is 41.6 Å². The number of hydrogen-bond donors (Lipinski definition) is 1. The molecule has 0 saturated carbocycles. The van der Waals surface area contributed by atoms with Crippen molar-refractivity contribution in [1.82, 2.24) is 29.6 Å². The van der Waals surface area contributed by atoms with E-state index in [1.54, 1.807) is 36.7 Å². The molecule has 6 rings (SSSR count). The molecule has 1 unspecified atom stereocenters. The van der Waals surface area contributed by atoms with Crippen molar-refractivity contribution in [1.29, 1.82) is 0 Å². The Hall–Kier alpha value is -4.12. The van der Waals surface area contributed by atoms with Gasteiger partial charge in [0, 0.05) is 30.9 Å². The van der Waals surface area contributed by atoms with E-state index in [1.165, 1.54) is 23.9 Å². The maximum Gasteiger partial charge on any atom is 0.277 e. The first-order chi connectivity index (χ1) is 20.0. The summed E-state index contributed by atoms with van der Waals surface area (Å²) >= 11 is 6.64. The van der Waals surface area contributed by atoms with E-state index in [2.05, 4.69) is 20.4 Å². The molecule has 0 radical (unpaired) electrons. The number of fused-ring (bicyclic) bond motifs is 4. The fourth-order valence-corrected chi connectivity index (χ4v) is 6.01. The van der Waals surface area contributed by atoms with Crippen LogP contribution in [-0.4, -0.2) is 30.2 Å². The minimum Gasteiger partial charge on any atom is -0.482 e. The molecule has 5 heterocycles. The summed E-state index contributed by atoms with van der Waals surface area (Å²) in [4.78, 5) is 34.2. The topological polar surface area (TPSA) is 104 Å². The molecular formula is C30H29ClF2N6O3. The number of hydrogen-bond acceptors (Lipinski definition) is 6. The van der Waals surface area contributed by atoms with Gasteiger partial charge in [0.15, 0.2) is 11.6 Å². The lowest BCUT2D eigenvalue weighted by molar-refractivity contribution is -0.120. The standard InChI is InChI=1S/C30H29ClF2N6O3/c1-16(40)36-30(2,3)28-21(33)15-38(37-28)25-12-22-18(13-34-25)6-4-5-7-20-11-24(26(31)29(41)39(20)22)42-23-9-8-17-10-19(32)14-35-27(17)23/h10-15,23H,4-9H2,1-3H3,(H,36,40). The lowest BCUT2D eigenvalue weighted by Crippen LogP contribution is -2.40. The number of nitrogens with one attached hydrogen (secondary N) is 1. The zero-order chi connectivity index (χ0) is 29.8. The third kappa shape index (κ3) is 5.06. The van der Waals surface area contributed by atoms with Crippen LogP contribution in [0.25, 0.3) is 11.5 Å². The van der Waals surface area contributed by atoms with E-state index in [4.69, 9.17) is 16.3 Å². The van der Waals surface area contributed by atoms with Crippen LogP contribution in [0.2, 0.25) is 5.02 Å². The number of halogens is 3. The van der Waals surface area contributed by atoms with Gasteiger partial charge in [-0.05, 0) is 69.6 Å². The summed E-state index contributed by atoms with van der Waals surface area (Å²) < 4.78 is 37.7. The molecule has 9 nitrogen and oxygen atoms in total. The molecule has 1 N–H and O–H groups in total. The van der Waals surface area contributed by atoms with Gasteiger partial charge in [-0.1, -0.05) is 11.6 Å². The maximum absolute atomic E-state index is 15.0. The Morgan fingerprint density at radius 2 is 1.88 bits per heavy atom. The highest BCUT2D eigenvalue weighted by molar-refractivity contribution is 6.31. The Morgan fingerprint density at radius 1 is 1.10 bits per heavy atom. The minimum absolute atomic E-state index is 0.0550. The third-order valence-corrected chi connectivity index (χ3v) is 8.06. The van der Waals surface area contributed by atoms with Gasteiger partial charge in [-0.15, -0.1) is 0 Å². The lowest BCUT2D eigenvalue weighted by Gasteiger charge is -2.23. The zero-order valence-electron chi connectivity index (χ0n) is 23.4. The van der Waals surface area contributed by atoms with Crippen LogP contribution < -0.4 is 15.6 Å². The highest BCUT2D eigenvalue weighted by atomic mass is 35.5. The monoisotopic (exact) mass is 594 g/mol. The minimum atomic E-state index is -1.05. The van der Waals surface area contributed by atoms with Gasteiger partial charge in [0.1, 0.15) is 28.4 Å². The molecule has 1 atom stereocenters. The fraction of sp³-hybridized carbons (Fsp3) is 0.367. The number of aromatic nitrogens is 5. The predicted molar refractivity (Wildman–Crippen MR) is 151 cm³/mol. The molecule has 0 spiro atoms. The number of aryl methyl sites for hydroxylation is 3. The van der Waals surface area contributed by atoms with Crippen LogP contribution in [0.1, 0.15) is 74.3 Å². The highest BCUT2D eigenvalue weighted by Crippen LogP contribution is 2.37. The van der Waals surface area contributed by atoms with Gasteiger partial charge in [-0.25, -0.2) is 18.4 Å². The second-order valence-corrected chi connectivity index (χ2v) is 11.6. The van der Waals surface area contributed by atoms with E-state index in [-0.39, 0.29) is 22.4 Å². The Kier molecular flexibility index (Phi) is 7.08. The molecule has 2 aliphatic rings. The van der Waals surface area contributed by atoms with E-state index in [1.807, 2.05) is 0 Å². The molecule has 42 heavy (non-hydrogen) atoms. The molecule has 12 heteroatoms. The van der Waals surface area contributed by atoms with E-state index in [0.717, 1.165) is 30.2 Å². The van der Waals surface area contributed by atoms with Crippen molar-refractivity contribution in [3.05, 3.63) is 92.0 Å². The van der Waals surface area contributed by atoms with Gasteiger partial charge in [0.2, 0.25) is 5.91 Å². The van der Waals surface area contributed by atoms with Crippen molar-refractivity contribution >= 4 is 17.5 Å². The second kappa shape index (κ2) is 10.6. The SMILES string of the molecule is CC(=O)NC(C)(C)c1nn(-c2cc3c(cn2)CCCCc2cc(OC4CCc5cc(F)cnc54)c(Cl)c(=O)n2-3)cc1F. The van der Waals surface area contributed by atoms with Gasteiger partial charge >= 0.3 is 0 Å². The fourth-order valence-electron chi connectivity index (χ4n) is 5.82. The zero-order valence-corrected chi connectivity index (χ0v) is 24.1. The highest BCUT2D eigenvalue weighted by Gasteiger charge is 2.31. The summed E-state index contributed by atoms with van der Waals surface area (Å²) in [6.07, 6.45) is 7.81. The summed E-state index contributed by atoms with van der Waals surface area (Å²) in [5.41, 5.74) is 2.11. The van der Waals surface area contributed by atoms with Crippen molar-refractivity contribution < 1.29 is 18.3 Å². The van der Waals surface area contributed by atoms with Gasteiger partial charge in [-0.2, -0.15) is 5.10 Å². The summed E-state index contributed by atoms with van der Waals surface area (Å²) in [6.45, 7) is 4.68. The average Bonchev–Trinajstić information content (AvgIpc) is 3.51. The van der Waals surface area contributed by atoms with Crippen LogP contribution >= 0.6 is 11.6 Å². The summed E-state index contributed by atoms with van der Waals surface area (Å²) in [7, 11) is 0. The first-order valence-electron chi connectivity index (χ1n) is 13.8. The van der Waals surface area contributed by atoms with E-state index in [9.17, 15) is 14.0 Å². The van der Waals surface area contributed by atoms with Gasteiger partial charge in [0.25, 0.3) is 5.56 Å².